The van der Waals surface area contributed by atoms with Gasteiger partial charge in [0.25, 0.3) is 5.91 Å². The zero-order chi connectivity index (χ0) is 17.6. The van der Waals surface area contributed by atoms with Gasteiger partial charge in [0.1, 0.15) is 5.75 Å². The van der Waals surface area contributed by atoms with E-state index in [1.54, 1.807) is 41.6 Å². The summed E-state index contributed by atoms with van der Waals surface area (Å²) in [5.74, 6) is 0.397. The first-order valence-corrected chi connectivity index (χ1v) is 8.79. The Hall–Kier alpha value is -2.51. The van der Waals surface area contributed by atoms with Gasteiger partial charge in [-0.15, -0.1) is 10.2 Å². The lowest BCUT2D eigenvalue weighted by Crippen LogP contribution is -2.34. The molecule has 2 aromatic heterocycles. The van der Waals surface area contributed by atoms with Crippen LogP contribution in [-0.4, -0.2) is 34.2 Å². The zero-order valence-corrected chi connectivity index (χ0v) is 15.0. The predicted molar refractivity (Wildman–Crippen MR) is 98.1 cm³/mol. The minimum Gasteiger partial charge on any atom is -0.484 e. The number of likely N-dealkylation sites (N-methyl/N-ethyl adjacent to an activating group) is 1. The zero-order valence-electron chi connectivity index (χ0n) is 13.4. The van der Waals surface area contributed by atoms with E-state index in [0.717, 1.165) is 5.56 Å². The van der Waals surface area contributed by atoms with Crippen LogP contribution in [0.3, 0.4) is 0 Å². The Morgan fingerprint density at radius 1 is 1.24 bits per heavy atom. The van der Waals surface area contributed by atoms with Gasteiger partial charge in [-0.05, 0) is 43.3 Å². The highest BCUT2D eigenvalue weighted by Crippen LogP contribution is 2.28. The molecule has 3 aromatic rings. The topological polar surface area (TPSA) is 68.2 Å². The minimum absolute atomic E-state index is 0.0860. The highest BCUT2D eigenvalue weighted by atomic mass is 35.5. The smallest absolute Gasteiger partial charge is 0.266 e. The lowest BCUT2D eigenvalue weighted by atomic mass is 10.3. The monoisotopic (exact) mass is 374 g/mol. The molecule has 6 nitrogen and oxygen atoms in total. The average molecular weight is 375 g/mol. The molecule has 0 unspecified atom stereocenters. The summed E-state index contributed by atoms with van der Waals surface area (Å²) >= 11 is 7.17. The highest BCUT2D eigenvalue weighted by Gasteiger charge is 2.19. The number of hydrogen-bond acceptors (Lipinski definition) is 6. The van der Waals surface area contributed by atoms with E-state index >= 15 is 0 Å². The molecule has 0 saturated carbocycles. The van der Waals surface area contributed by atoms with Gasteiger partial charge in [0.15, 0.2) is 11.6 Å². The molecule has 0 bridgehead atoms. The molecule has 1 amide bonds. The predicted octanol–water partition coefficient (Wildman–Crippen LogP) is 3.69. The Balaban J connectivity index is 1.68. The van der Waals surface area contributed by atoms with Gasteiger partial charge >= 0.3 is 0 Å². The summed E-state index contributed by atoms with van der Waals surface area (Å²) in [5.41, 5.74) is 0.868. The van der Waals surface area contributed by atoms with Crippen LogP contribution >= 0.6 is 22.9 Å². The molecule has 128 valence electrons. The SMILES string of the molecule is CCN(C(=O)COc1ccc(Cl)cc1)c1nnc(-c2cccnc2)s1. The normalized spacial score (nSPS) is 10.5. The Bertz CT molecular complexity index is 839. The molecule has 1 aromatic carbocycles. The Kier molecular flexibility index (Phi) is 5.57. The van der Waals surface area contributed by atoms with Crippen molar-refractivity contribution in [2.75, 3.05) is 18.1 Å². The van der Waals surface area contributed by atoms with Crippen molar-refractivity contribution in [3.8, 4) is 16.3 Å². The molecule has 25 heavy (non-hydrogen) atoms. The highest BCUT2D eigenvalue weighted by molar-refractivity contribution is 7.18. The van der Waals surface area contributed by atoms with Crippen molar-refractivity contribution < 1.29 is 9.53 Å². The molecule has 0 fully saturated rings. The third kappa shape index (κ3) is 4.32. The summed E-state index contributed by atoms with van der Waals surface area (Å²) in [6.45, 7) is 2.27. The van der Waals surface area contributed by atoms with E-state index < -0.39 is 0 Å². The fourth-order valence-electron chi connectivity index (χ4n) is 2.10. The number of aromatic nitrogens is 3. The number of carbonyl (C=O) groups excluding carboxylic acids is 1. The second-order valence-electron chi connectivity index (χ2n) is 5.01. The summed E-state index contributed by atoms with van der Waals surface area (Å²) in [7, 11) is 0. The van der Waals surface area contributed by atoms with E-state index in [-0.39, 0.29) is 12.5 Å². The first-order valence-electron chi connectivity index (χ1n) is 7.60. The van der Waals surface area contributed by atoms with Gasteiger partial charge in [0.05, 0.1) is 0 Å². The maximum atomic E-state index is 12.5. The molecule has 0 N–H and O–H groups in total. The summed E-state index contributed by atoms with van der Waals surface area (Å²) < 4.78 is 5.52. The number of amides is 1. The van der Waals surface area contributed by atoms with Crippen molar-refractivity contribution in [2.24, 2.45) is 0 Å². The third-order valence-electron chi connectivity index (χ3n) is 3.35. The van der Waals surface area contributed by atoms with Crippen LogP contribution in [0, 0.1) is 0 Å². The molecule has 0 radical (unpaired) electrons. The number of hydrogen-bond donors (Lipinski definition) is 0. The fourth-order valence-corrected chi connectivity index (χ4v) is 3.14. The van der Waals surface area contributed by atoms with E-state index in [1.165, 1.54) is 11.3 Å². The number of benzene rings is 1. The second-order valence-corrected chi connectivity index (χ2v) is 6.40. The van der Waals surface area contributed by atoms with Crippen LogP contribution in [0.4, 0.5) is 5.13 Å². The van der Waals surface area contributed by atoms with E-state index in [2.05, 4.69) is 15.2 Å². The molecular formula is C17H15ClN4O2S. The molecule has 0 aliphatic carbocycles. The van der Waals surface area contributed by atoms with Gasteiger partial charge in [0, 0.05) is 29.5 Å². The molecule has 0 saturated heterocycles. The van der Waals surface area contributed by atoms with Gasteiger partial charge in [0.2, 0.25) is 5.13 Å². The standard InChI is InChI=1S/C17H15ClN4O2S/c1-2-22(15(23)11-24-14-7-5-13(18)6-8-14)17-21-20-16(25-17)12-4-3-9-19-10-12/h3-10H,2,11H2,1H3. The van der Waals surface area contributed by atoms with Gasteiger partial charge in [-0.1, -0.05) is 22.9 Å². The average Bonchev–Trinajstić information content (AvgIpc) is 3.12. The number of rotatable bonds is 6. The van der Waals surface area contributed by atoms with Crippen LogP contribution in [-0.2, 0) is 4.79 Å². The van der Waals surface area contributed by atoms with E-state index in [4.69, 9.17) is 16.3 Å². The molecule has 0 spiro atoms. The summed E-state index contributed by atoms with van der Waals surface area (Å²) in [4.78, 5) is 18.1. The van der Waals surface area contributed by atoms with Crippen LogP contribution in [0.15, 0.2) is 48.8 Å². The molecule has 0 aliphatic rings. The molecular weight excluding hydrogens is 360 g/mol. The Labute approximate surface area is 154 Å². The number of pyridine rings is 1. The summed E-state index contributed by atoms with van der Waals surface area (Å²) in [5, 5.41) is 10.1. The Morgan fingerprint density at radius 2 is 2.04 bits per heavy atom. The minimum atomic E-state index is -0.189. The second kappa shape index (κ2) is 8.04. The van der Waals surface area contributed by atoms with Crippen LogP contribution in [0.5, 0.6) is 5.75 Å². The van der Waals surface area contributed by atoms with E-state index in [9.17, 15) is 4.79 Å². The lowest BCUT2D eigenvalue weighted by molar-refractivity contribution is -0.120. The molecule has 0 atom stereocenters. The first-order chi connectivity index (χ1) is 12.2. The molecule has 8 heteroatoms. The van der Waals surface area contributed by atoms with Gasteiger partial charge < -0.3 is 4.74 Å². The van der Waals surface area contributed by atoms with Crippen molar-refractivity contribution in [3.05, 3.63) is 53.8 Å². The number of ether oxygens (including phenoxy) is 1. The fraction of sp³-hybridized carbons (Fsp3) is 0.176. The van der Waals surface area contributed by atoms with Crippen molar-refractivity contribution in [2.45, 2.75) is 6.92 Å². The van der Waals surface area contributed by atoms with Crippen LogP contribution in [0.1, 0.15) is 6.92 Å². The Morgan fingerprint density at radius 3 is 2.72 bits per heavy atom. The maximum absolute atomic E-state index is 12.5. The first kappa shape index (κ1) is 17.3. The van der Waals surface area contributed by atoms with Gasteiger partial charge in [-0.25, -0.2) is 0 Å². The maximum Gasteiger partial charge on any atom is 0.266 e. The van der Waals surface area contributed by atoms with Crippen molar-refractivity contribution in [3.63, 3.8) is 0 Å². The number of anilines is 1. The van der Waals surface area contributed by atoms with Crippen molar-refractivity contribution >= 4 is 34.0 Å². The van der Waals surface area contributed by atoms with E-state index in [1.807, 2.05) is 19.1 Å². The molecule has 2 heterocycles. The van der Waals surface area contributed by atoms with Gasteiger partial charge in [-0.2, -0.15) is 0 Å². The molecule has 3 rings (SSSR count). The molecule has 0 aliphatic heterocycles. The number of halogens is 1. The summed E-state index contributed by atoms with van der Waals surface area (Å²) in [6.07, 6.45) is 3.41. The largest absolute Gasteiger partial charge is 0.484 e. The van der Waals surface area contributed by atoms with Crippen molar-refractivity contribution in [1.29, 1.82) is 0 Å². The van der Waals surface area contributed by atoms with E-state index in [0.29, 0.717) is 27.5 Å². The third-order valence-corrected chi connectivity index (χ3v) is 4.59. The lowest BCUT2D eigenvalue weighted by Gasteiger charge is -2.17. The van der Waals surface area contributed by atoms with Crippen LogP contribution < -0.4 is 9.64 Å². The number of nitrogens with zero attached hydrogens (tertiary/aromatic N) is 4. The number of carbonyl (C=O) groups is 1. The van der Waals surface area contributed by atoms with Crippen LogP contribution in [0.2, 0.25) is 5.02 Å². The quantitative estimate of drug-likeness (QED) is 0.658. The summed E-state index contributed by atoms with van der Waals surface area (Å²) in [6, 6.07) is 10.6. The van der Waals surface area contributed by atoms with Crippen molar-refractivity contribution in [1.82, 2.24) is 15.2 Å². The van der Waals surface area contributed by atoms with Crippen LogP contribution in [0.25, 0.3) is 10.6 Å². The van der Waals surface area contributed by atoms with Gasteiger partial charge in [-0.3, -0.25) is 14.7 Å².